The summed E-state index contributed by atoms with van der Waals surface area (Å²) in [5, 5.41) is 36.8. The van der Waals surface area contributed by atoms with E-state index in [-0.39, 0.29) is 12.8 Å². The van der Waals surface area contributed by atoms with E-state index < -0.39 is 35.5 Å². The van der Waals surface area contributed by atoms with Gasteiger partial charge in [0.2, 0.25) is 0 Å². The van der Waals surface area contributed by atoms with Crippen LogP contribution in [0.2, 0.25) is 0 Å². The first-order chi connectivity index (χ1) is 6.72. The fourth-order valence-electron chi connectivity index (χ4n) is 1.77. The number of hydrogen-bond donors (Lipinski definition) is 4. The first-order valence-corrected chi connectivity index (χ1v) is 4.59. The van der Waals surface area contributed by atoms with Gasteiger partial charge >= 0.3 is 11.9 Å². The van der Waals surface area contributed by atoms with E-state index in [1.165, 1.54) is 6.92 Å². The molecule has 1 aliphatic carbocycles. The Bertz CT molecular complexity index is 281. The van der Waals surface area contributed by atoms with Gasteiger partial charge < -0.3 is 20.4 Å². The molecule has 0 aromatic heterocycles. The van der Waals surface area contributed by atoms with Crippen LogP contribution >= 0.6 is 0 Å². The van der Waals surface area contributed by atoms with Crippen LogP contribution in [-0.4, -0.2) is 44.1 Å². The highest BCUT2D eigenvalue weighted by molar-refractivity contribution is 5.98. The van der Waals surface area contributed by atoms with Crippen molar-refractivity contribution in [3.8, 4) is 0 Å². The van der Waals surface area contributed by atoms with Gasteiger partial charge in [0.15, 0.2) is 5.41 Å². The minimum Gasteiger partial charge on any atom is -0.480 e. The van der Waals surface area contributed by atoms with E-state index in [0.717, 1.165) is 0 Å². The molecule has 1 fully saturated rings. The van der Waals surface area contributed by atoms with Crippen molar-refractivity contribution >= 4 is 11.9 Å². The van der Waals surface area contributed by atoms with E-state index in [0.29, 0.717) is 0 Å². The summed E-state index contributed by atoms with van der Waals surface area (Å²) in [7, 11) is 0. The molecule has 0 radical (unpaired) electrons. The number of aliphatic carboxylic acids is 2. The van der Waals surface area contributed by atoms with Crippen molar-refractivity contribution < 1.29 is 30.0 Å². The maximum atomic E-state index is 10.9. The van der Waals surface area contributed by atoms with Crippen molar-refractivity contribution in [2.45, 2.75) is 37.9 Å². The second-order valence-electron chi connectivity index (χ2n) is 4.27. The second kappa shape index (κ2) is 3.46. The van der Waals surface area contributed by atoms with Crippen LogP contribution < -0.4 is 0 Å². The van der Waals surface area contributed by atoms with Crippen LogP contribution in [0.15, 0.2) is 0 Å². The van der Waals surface area contributed by atoms with Gasteiger partial charge in [-0.3, -0.25) is 9.59 Å². The molecule has 0 spiro atoms. The molecule has 0 aromatic carbocycles. The van der Waals surface area contributed by atoms with Crippen LogP contribution in [0, 0.1) is 5.41 Å². The molecular formula is C9H14O6. The molecule has 6 nitrogen and oxygen atoms in total. The monoisotopic (exact) mass is 218 g/mol. The zero-order valence-corrected chi connectivity index (χ0v) is 8.30. The lowest BCUT2D eigenvalue weighted by molar-refractivity contribution is -0.181. The third-order valence-corrected chi connectivity index (χ3v) is 3.14. The second-order valence-corrected chi connectivity index (χ2v) is 4.27. The fourth-order valence-corrected chi connectivity index (χ4v) is 1.77. The van der Waals surface area contributed by atoms with Crippen LogP contribution in [0.4, 0.5) is 0 Å². The summed E-state index contributed by atoms with van der Waals surface area (Å²) in [4.78, 5) is 21.8. The summed E-state index contributed by atoms with van der Waals surface area (Å²) in [5.41, 5.74) is -3.38. The van der Waals surface area contributed by atoms with Gasteiger partial charge in [-0.25, -0.2) is 0 Å². The summed E-state index contributed by atoms with van der Waals surface area (Å²) >= 11 is 0. The lowest BCUT2D eigenvalue weighted by Gasteiger charge is -2.40. The molecule has 0 saturated heterocycles. The van der Waals surface area contributed by atoms with Crippen molar-refractivity contribution in [2.24, 2.45) is 5.41 Å². The highest BCUT2D eigenvalue weighted by atomic mass is 16.4. The molecule has 1 saturated carbocycles. The number of carboxylic acids is 2. The van der Waals surface area contributed by atoms with Crippen molar-refractivity contribution in [1.82, 2.24) is 0 Å². The molecule has 4 N–H and O–H groups in total. The molecule has 0 bridgehead atoms. The van der Waals surface area contributed by atoms with E-state index in [2.05, 4.69) is 0 Å². The Balaban J connectivity index is 2.98. The Morgan fingerprint density at radius 3 is 2.00 bits per heavy atom. The molecule has 6 heteroatoms. The van der Waals surface area contributed by atoms with Crippen molar-refractivity contribution in [1.29, 1.82) is 0 Å². The van der Waals surface area contributed by atoms with Crippen molar-refractivity contribution in [2.75, 3.05) is 0 Å². The molecule has 0 aromatic rings. The molecule has 15 heavy (non-hydrogen) atoms. The number of aliphatic hydroxyl groups excluding tert-OH is 1. The summed E-state index contributed by atoms with van der Waals surface area (Å²) in [5.74, 6) is -2.94. The predicted molar refractivity (Wildman–Crippen MR) is 48.2 cm³/mol. The van der Waals surface area contributed by atoms with Crippen LogP contribution in [0.5, 0.6) is 0 Å². The Morgan fingerprint density at radius 1 is 1.20 bits per heavy atom. The van der Waals surface area contributed by atoms with Gasteiger partial charge in [-0.05, 0) is 19.8 Å². The molecule has 0 unspecified atom stereocenters. The number of carboxylic acid groups (broad SMARTS) is 2. The van der Waals surface area contributed by atoms with Crippen LogP contribution in [-0.2, 0) is 9.59 Å². The zero-order chi connectivity index (χ0) is 11.9. The van der Waals surface area contributed by atoms with E-state index in [1.807, 2.05) is 0 Å². The molecule has 2 atom stereocenters. The third kappa shape index (κ3) is 1.82. The van der Waals surface area contributed by atoms with Gasteiger partial charge in [0.05, 0.1) is 11.7 Å². The van der Waals surface area contributed by atoms with Crippen LogP contribution in [0.25, 0.3) is 0 Å². The molecule has 86 valence electrons. The molecule has 1 aliphatic rings. The Hall–Kier alpha value is -1.14. The van der Waals surface area contributed by atoms with Crippen molar-refractivity contribution in [3.05, 3.63) is 0 Å². The standard InChI is InChI=1S/C9H14O6/c1-8(15)2-3-9(6(11)12,7(13)14)4-5(8)10/h5,10,15H,2-4H2,1H3,(H,11,12)(H,13,14)/t5-,8+/m0/s1. The van der Waals surface area contributed by atoms with Gasteiger partial charge in [0.1, 0.15) is 0 Å². The molecule has 0 heterocycles. The Labute approximate surface area is 86.2 Å². The van der Waals surface area contributed by atoms with Crippen LogP contribution in [0.1, 0.15) is 26.2 Å². The average Bonchev–Trinajstić information content (AvgIpc) is 2.09. The van der Waals surface area contributed by atoms with E-state index in [1.54, 1.807) is 0 Å². The SMILES string of the molecule is C[C@@]1(O)CCC(C(=O)O)(C(=O)O)C[C@@H]1O. The molecule has 0 aliphatic heterocycles. The third-order valence-electron chi connectivity index (χ3n) is 3.14. The maximum Gasteiger partial charge on any atom is 0.321 e. The first kappa shape index (κ1) is 11.9. The highest BCUT2D eigenvalue weighted by Crippen LogP contribution is 2.41. The minimum absolute atomic E-state index is 0.0488. The van der Waals surface area contributed by atoms with E-state index >= 15 is 0 Å². The van der Waals surface area contributed by atoms with Crippen LogP contribution in [0.3, 0.4) is 0 Å². The van der Waals surface area contributed by atoms with Gasteiger partial charge in [-0.2, -0.15) is 0 Å². The normalized spacial score (nSPS) is 34.7. The zero-order valence-electron chi connectivity index (χ0n) is 8.30. The molecule has 1 rings (SSSR count). The maximum absolute atomic E-state index is 10.9. The van der Waals surface area contributed by atoms with Gasteiger partial charge in [-0.1, -0.05) is 0 Å². The molecule has 0 amide bonds. The quantitative estimate of drug-likeness (QED) is 0.462. The highest BCUT2D eigenvalue weighted by Gasteiger charge is 2.54. The number of rotatable bonds is 2. The van der Waals surface area contributed by atoms with E-state index in [9.17, 15) is 19.8 Å². The average molecular weight is 218 g/mol. The Kier molecular flexibility index (Phi) is 2.75. The largest absolute Gasteiger partial charge is 0.480 e. The lowest BCUT2D eigenvalue weighted by atomic mass is 9.67. The smallest absolute Gasteiger partial charge is 0.321 e. The first-order valence-electron chi connectivity index (χ1n) is 4.59. The van der Waals surface area contributed by atoms with Crippen molar-refractivity contribution in [3.63, 3.8) is 0 Å². The topological polar surface area (TPSA) is 115 Å². The van der Waals surface area contributed by atoms with Gasteiger partial charge in [0, 0.05) is 6.42 Å². The summed E-state index contributed by atoms with van der Waals surface area (Å²) in [6, 6.07) is 0. The van der Waals surface area contributed by atoms with E-state index in [4.69, 9.17) is 10.2 Å². The summed E-state index contributed by atoms with van der Waals surface area (Å²) in [6.45, 7) is 1.37. The van der Waals surface area contributed by atoms with Gasteiger partial charge in [-0.15, -0.1) is 0 Å². The number of hydrogen-bond acceptors (Lipinski definition) is 4. The predicted octanol–water partition coefficient (Wildman–Crippen LogP) is -0.562. The number of aliphatic hydroxyl groups is 2. The molecular weight excluding hydrogens is 204 g/mol. The van der Waals surface area contributed by atoms with Gasteiger partial charge in [0.25, 0.3) is 0 Å². The number of carbonyl (C=O) groups is 2. The summed E-state index contributed by atoms with van der Waals surface area (Å²) in [6.07, 6.45) is -2.03. The Morgan fingerprint density at radius 2 is 1.67 bits per heavy atom. The lowest BCUT2D eigenvalue weighted by Crippen LogP contribution is -2.54. The summed E-state index contributed by atoms with van der Waals surface area (Å²) < 4.78 is 0. The fraction of sp³-hybridized carbons (Fsp3) is 0.778. The minimum atomic E-state index is -1.97.